The smallest absolute Gasteiger partial charge is 0.257 e. The Morgan fingerprint density at radius 1 is 1.06 bits per heavy atom. The minimum atomic E-state index is -3.54. The van der Waals surface area contributed by atoms with E-state index in [1.54, 1.807) is 16.4 Å². The lowest BCUT2D eigenvalue weighted by Gasteiger charge is -2.22. The summed E-state index contributed by atoms with van der Waals surface area (Å²) in [6.45, 7) is 4.83. The van der Waals surface area contributed by atoms with Crippen LogP contribution in [-0.4, -0.2) is 53.9 Å². The largest absolute Gasteiger partial charge is 0.334 e. The van der Waals surface area contributed by atoms with Gasteiger partial charge in [-0.05, 0) is 55.3 Å². The Kier molecular flexibility index (Phi) is 6.86. The second-order valence-electron chi connectivity index (χ2n) is 7.52. The number of rotatable bonds is 6. The number of benzene rings is 2. The fourth-order valence-corrected chi connectivity index (χ4v) is 5.93. The maximum absolute atomic E-state index is 13.3. The highest BCUT2D eigenvalue weighted by molar-refractivity contribution is 9.10. The van der Waals surface area contributed by atoms with Crippen molar-refractivity contribution in [2.24, 2.45) is 0 Å². The van der Waals surface area contributed by atoms with E-state index in [1.807, 2.05) is 43.3 Å². The Labute approximate surface area is 191 Å². The lowest BCUT2D eigenvalue weighted by Crippen LogP contribution is -2.35. The summed E-state index contributed by atoms with van der Waals surface area (Å²) in [5.41, 5.74) is 1.71. The Morgan fingerprint density at radius 3 is 2.65 bits per heavy atom. The van der Waals surface area contributed by atoms with Gasteiger partial charge in [0.05, 0.1) is 11.4 Å². The van der Waals surface area contributed by atoms with Crippen molar-refractivity contribution < 1.29 is 12.9 Å². The Hall–Kier alpha value is -2.07. The fraction of sp³-hybridized carbons (Fsp3) is 0.364. The van der Waals surface area contributed by atoms with Gasteiger partial charge in [-0.25, -0.2) is 8.42 Å². The van der Waals surface area contributed by atoms with E-state index in [9.17, 15) is 8.42 Å². The summed E-state index contributed by atoms with van der Waals surface area (Å²) in [7, 11) is -3.54. The molecule has 0 spiro atoms. The van der Waals surface area contributed by atoms with Gasteiger partial charge in [-0.15, -0.1) is 0 Å². The predicted molar refractivity (Wildman–Crippen MR) is 122 cm³/mol. The summed E-state index contributed by atoms with van der Waals surface area (Å²) in [6, 6.07) is 15.0. The molecule has 1 aliphatic heterocycles. The van der Waals surface area contributed by atoms with E-state index < -0.39 is 10.0 Å². The van der Waals surface area contributed by atoms with Crippen molar-refractivity contribution in [3.63, 3.8) is 0 Å². The molecule has 0 saturated carbocycles. The van der Waals surface area contributed by atoms with Gasteiger partial charge in [0.15, 0.2) is 5.82 Å². The average molecular weight is 505 g/mol. The van der Waals surface area contributed by atoms with Crippen LogP contribution in [-0.2, 0) is 23.0 Å². The zero-order valence-corrected chi connectivity index (χ0v) is 19.8. The van der Waals surface area contributed by atoms with Crippen molar-refractivity contribution in [3.8, 4) is 11.5 Å². The molecule has 0 radical (unpaired) electrons. The van der Waals surface area contributed by atoms with Crippen LogP contribution < -0.4 is 0 Å². The van der Waals surface area contributed by atoms with Gasteiger partial charge in [-0.1, -0.05) is 46.2 Å². The molecule has 1 fully saturated rings. The second-order valence-corrected chi connectivity index (χ2v) is 10.3. The maximum Gasteiger partial charge on any atom is 0.257 e. The van der Waals surface area contributed by atoms with E-state index in [-0.39, 0.29) is 0 Å². The van der Waals surface area contributed by atoms with Crippen molar-refractivity contribution in [1.29, 1.82) is 0 Å². The van der Waals surface area contributed by atoms with Gasteiger partial charge in [-0.3, -0.25) is 4.90 Å². The normalized spacial score (nSPS) is 16.3. The van der Waals surface area contributed by atoms with E-state index in [0.29, 0.717) is 49.2 Å². The van der Waals surface area contributed by atoms with Crippen LogP contribution in [0.4, 0.5) is 0 Å². The molecular weight excluding hydrogens is 480 g/mol. The molecule has 2 aromatic carbocycles. The molecule has 0 bridgehead atoms. The van der Waals surface area contributed by atoms with Gasteiger partial charge in [0.25, 0.3) is 5.89 Å². The topological polar surface area (TPSA) is 79.5 Å². The molecule has 31 heavy (non-hydrogen) atoms. The molecule has 0 unspecified atom stereocenters. The molecular formula is C22H25BrN4O3S. The molecule has 1 saturated heterocycles. The van der Waals surface area contributed by atoms with Crippen LogP contribution in [0.5, 0.6) is 0 Å². The van der Waals surface area contributed by atoms with Crippen molar-refractivity contribution >= 4 is 26.0 Å². The third-order valence-corrected chi connectivity index (χ3v) is 7.91. The van der Waals surface area contributed by atoms with Crippen molar-refractivity contribution in [2.75, 3.05) is 26.2 Å². The van der Waals surface area contributed by atoms with E-state index >= 15 is 0 Å². The van der Waals surface area contributed by atoms with Gasteiger partial charge < -0.3 is 4.52 Å². The van der Waals surface area contributed by atoms with E-state index in [0.717, 1.165) is 28.6 Å². The van der Waals surface area contributed by atoms with E-state index in [2.05, 4.69) is 31.0 Å². The molecule has 2 heterocycles. The summed E-state index contributed by atoms with van der Waals surface area (Å²) in [4.78, 5) is 7.07. The summed E-state index contributed by atoms with van der Waals surface area (Å²) in [5.74, 6) is 1.10. The molecule has 1 aliphatic rings. The van der Waals surface area contributed by atoms with Crippen molar-refractivity contribution in [1.82, 2.24) is 19.3 Å². The zero-order valence-electron chi connectivity index (χ0n) is 17.4. The summed E-state index contributed by atoms with van der Waals surface area (Å²) in [5, 5.41) is 4.10. The standard InChI is InChI=1S/C22H25BrN4O3S/c1-2-17-15-19(23)9-10-20(17)31(28,29)27-12-6-11-26(13-14-27)16-21-24-22(30-25-21)18-7-4-3-5-8-18/h3-5,7-10,15H,2,6,11-14,16H2,1H3. The van der Waals surface area contributed by atoms with Gasteiger partial charge >= 0.3 is 0 Å². The summed E-state index contributed by atoms with van der Waals surface area (Å²) < 4.78 is 34.5. The molecule has 4 rings (SSSR count). The molecule has 1 aromatic heterocycles. The number of aromatic nitrogens is 2. The van der Waals surface area contributed by atoms with Crippen molar-refractivity contribution in [3.05, 3.63) is 64.4 Å². The first-order valence-electron chi connectivity index (χ1n) is 10.4. The average Bonchev–Trinajstić information content (AvgIpc) is 3.11. The molecule has 9 heteroatoms. The van der Waals surface area contributed by atoms with Crippen LogP contribution in [0, 0.1) is 0 Å². The van der Waals surface area contributed by atoms with Crippen LogP contribution in [0.2, 0.25) is 0 Å². The monoisotopic (exact) mass is 504 g/mol. The number of sulfonamides is 1. The lowest BCUT2D eigenvalue weighted by atomic mass is 10.2. The van der Waals surface area contributed by atoms with Crippen LogP contribution >= 0.6 is 15.9 Å². The lowest BCUT2D eigenvalue weighted by molar-refractivity contribution is 0.266. The first kappa shape index (κ1) is 22.1. The highest BCUT2D eigenvalue weighted by Crippen LogP contribution is 2.25. The molecule has 0 amide bonds. The third-order valence-electron chi connectivity index (χ3n) is 5.42. The van der Waals surface area contributed by atoms with Gasteiger partial charge in [0.1, 0.15) is 0 Å². The van der Waals surface area contributed by atoms with E-state index in [4.69, 9.17) is 4.52 Å². The van der Waals surface area contributed by atoms with Crippen LogP contribution in [0.1, 0.15) is 24.7 Å². The summed E-state index contributed by atoms with van der Waals surface area (Å²) in [6.07, 6.45) is 1.41. The summed E-state index contributed by atoms with van der Waals surface area (Å²) >= 11 is 3.43. The zero-order chi connectivity index (χ0) is 21.8. The van der Waals surface area contributed by atoms with Crippen LogP contribution in [0.25, 0.3) is 11.5 Å². The maximum atomic E-state index is 13.3. The number of nitrogens with zero attached hydrogens (tertiary/aromatic N) is 4. The second kappa shape index (κ2) is 9.60. The Morgan fingerprint density at radius 2 is 1.87 bits per heavy atom. The Bertz CT molecular complexity index is 1130. The number of aryl methyl sites for hydroxylation is 1. The SMILES string of the molecule is CCc1cc(Br)ccc1S(=O)(=O)N1CCCN(Cc2noc(-c3ccccc3)n2)CC1. The fourth-order valence-electron chi connectivity index (χ4n) is 3.78. The number of hydrogen-bond acceptors (Lipinski definition) is 6. The highest BCUT2D eigenvalue weighted by Gasteiger charge is 2.29. The minimum Gasteiger partial charge on any atom is -0.334 e. The molecule has 7 nitrogen and oxygen atoms in total. The van der Waals surface area contributed by atoms with Crippen LogP contribution in [0.3, 0.4) is 0 Å². The number of halogens is 1. The van der Waals surface area contributed by atoms with Crippen molar-refractivity contribution in [2.45, 2.75) is 31.2 Å². The van der Waals surface area contributed by atoms with Gasteiger partial charge in [0.2, 0.25) is 10.0 Å². The number of hydrogen-bond donors (Lipinski definition) is 0. The van der Waals surface area contributed by atoms with Gasteiger partial charge in [-0.2, -0.15) is 9.29 Å². The molecule has 3 aromatic rings. The molecule has 0 N–H and O–H groups in total. The third kappa shape index (κ3) is 5.06. The highest BCUT2D eigenvalue weighted by atomic mass is 79.9. The first-order chi connectivity index (χ1) is 15.0. The molecule has 164 valence electrons. The minimum absolute atomic E-state index is 0.400. The Balaban J connectivity index is 1.44. The molecule has 0 aliphatic carbocycles. The van der Waals surface area contributed by atoms with E-state index in [1.165, 1.54) is 0 Å². The van der Waals surface area contributed by atoms with Gasteiger partial charge in [0, 0.05) is 29.7 Å². The molecule has 0 atom stereocenters. The van der Waals surface area contributed by atoms with Crippen LogP contribution in [0.15, 0.2) is 62.4 Å². The predicted octanol–water partition coefficient (Wildman–Crippen LogP) is 3.96. The quantitative estimate of drug-likeness (QED) is 0.505. The first-order valence-corrected chi connectivity index (χ1v) is 12.6.